The van der Waals surface area contributed by atoms with E-state index in [1.54, 1.807) is 11.8 Å². The Labute approximate surface area is 123 Å². The number of rotatable bonds is 8. The summed E-state index contributed by atoms with van der Waals surface area (Å²) < 4.78 is 0. The minimum atomic E-state index is 0.0387. The number of aliphatic hydroxyl groups is 1. The van der Waals surface area contributed by atoms with Crippen LogP contribution in [0.1, 0.15) is 18.9 Å². The van der Waals surface area contributed by atoms with Crippen molar-refractivity contribution < 1.29 is 9.90 Å². The van der Waals surface area contributed by atoms with Gasteiger partial charge in [-0.15, -0.1) is 11.8 Å². The summed E-state index contributed by atoms with van der Waals surface area (Å²) in [4.78, 5) is 11.6. The zero-order valence-electron chi connectivity index (χ0n) is 11.1. The van der Waals surface area contributed by atoms with Crippen molar-refractivity contribution in [3.8, 4) is 0 Å². The molecule has 0 heterocycles. The predicted octanol–water partition coefficient (Wildman–Crippen LogP) is 2.50. The number of hydrogen-bond acceptors (Lipinski definition) is 3. The van der Waals surface area contributed by atoms with E-state index in [1.165, 1.54) is 0 Å². The Hall–Kier alpha value is -0.710. The maximum absolute atomic E-state index is 11.6. The van der Waals surface area contributed by atoms with Crippen molar-refractivity contribution in [3.63, 3.8) is 0 Å². The van der Waals surface area contributed by atoms with Crippen molar-refractivity contribution in [1.29, 1.82) is 0 Å². The maximum atomic E-state index is 11.6. The summed E-state index contributed by atoms with van der Waals surface area (Å²) in [6, 6.07) is 7.65. The van der Waals surface area contributed by atoms with E-state index in [0.29, 0.717) is 17.5 Å². The lowest BCUT2D eigenvalue weighted by Gasteiger charge is -2.09. The lowest BCUT2D eigenvalue weighted by Crippen LogP contribution is -2.28. The van der Waals surface area contributed by atoms with Gasteiger partial charge in [0.25, 0.3) is 0 Å². The molecule has 1 rings (SSSR count). The van der Waals surface area contributed by atoms with E-state index in [-0.39, 0.29) is 12.5 Å². The molecule has 0 fully saturated rings. The second-order valence-electron chi connectivity index (χ2n) is 4.36. The molecule has 1 amide bonds. The van der Waals surface area contributed by atoms with Gasteiger partial charge >= 0.3 is 0 Å². The van der Waals surface area contributed by atoms with Gasteiger partial charge in [-0.3, -0.25) is 4.79 Å². The molecule has 1 atom stereocenters. The number of hydrogen-bond donors (Lipinski definition) is 2. The summed E-state index contributed by atoms with van der Waals surface area (Å²) in [7, 11) is 0. The van der Waals surface area contributed by atoms with Gasteiger partial charge in [0.05, 0.1) is 5.75 Å². The molecule has 0 aliphatic rings. The Morgan fingerprint density at radius 3 is 3.00 bits per heavy atom. The number of nitrogens with one attached hydrogen (secondary N) is 1. The third kappa shape index (κ3) is 7.45. The summed E-state index contributed by atoms with van der Waals surface area (Å²) in [6.07, 6.45) is 1.50. The van der Waals surface area contributed by atoms with Crippen LogP contribution in [0.2, 0.25) is 5.02 Å². The van der Waals surface area contributed by atoms with E-state index in [2.05, 4.69) is 5.32 Å². The number of aliphatic hydroxyl groups excluding tert-OH is 1. The van der Waals surface area contributed by atoms with Crippen LogP contribution >= 0.6 is 23.4 Å². The van der Waals surface area contributed by atoms with Crippen molar-refractivity contribution >= 4 is 29.3 Å². The summed E-state index contributed by atoms with van der Waals surface area (Å²) in [5.41, 5.74) is 1.12. The van der Waals surface area contributed by atoms with Gasteiger partial charge in [0.15, 0.2) is 0 Å². The highest BCUT2D eigenvalue weighted by atomic mass is 35.5. The molecule has 5 heteroatoms. The van der Waals surface area contributed by atoms with Gasteiger partial charge in [-0.25, -0.2) is 0 Å². The highest BCUT2D eigenvalue weighted by molar-refractivity contribution is 8.00. The third-order valence-corrected chi connectivity index (χ3v) is 4.13. The summed E-state index contributed by atoms with van der Waals surface area (Å²) >= 11 is 7.45. The van der Waals surface area contributed by atoms with Crippen molar-refractivity contribution in [3.05, 3.63) is 34.9 Å². The van der Waals surface area contributed by atoms with Crippen molar-refractivity contribution in [2.75, 3.05) is 18.9 Å². The summed E-state index contributed by atoms with van der Waals surface area (Å²) in [5, 5.41) is 12.7. The third-order valence-electron chi connectivity index (χ3n) is 2.66. The van der Waals surface area contributed by atoms with E-state index in [4.69, 9.17) is 16.7 Å². The Morgan fingerprint density at radius 1 is 1.53 bits per heavy atom. The molecular weight excluding hydrogens is 282 g/mol. The molecule has 0 aromatic heterocycles. The van der Waals surface area contributed by atoms with E-state index >= 15 is 0 Å². The lowest BCUT2D eigenvalue weighted by atomic mass is 10.1. The molecule has 1 aromatic rings. The predicted molar refractivity (Wildman–Crippen MR) is 81.8 cm³/mol. The van der Waals surface area contributed by atoms with Crippen molar-refractivity contribution in [2.24, 2.45) is 0 Å². The molecule has 1 aromatic carbocycles. The number of benzene rings is 1. The average molecular weight is 302 g/mol. The zero-order valence-corrected chi connectivity index (χ0v) is 12.6. The van der Waals surface area contributed by atoms with Crippen molar-refractivity contribution in [1.82, 2.24) is 5.32 Å². The molecule has 0 spiro atoms. The SMILES string of the molecule is CC(CCO)SCC(=O)NCCc1cccc(Cl)c1. The number of carbonyl (C=O) groups excluding carboxylic acids is 1. The van der Waals surface area contributed by atoms with Gasteiger partial charge in [-0.05, 0) is 30.5 Å². The quantitative estimate of drug-likeness (QED) is 0.775. The minimum Gasteiger partial charge on any atom is -0.396 e. The first-order valence-corrected chi connectivity index (χ1v) is 7.78. The zero-order chi connectivity index (χ0) is 14.1. The van der Waals surface area contributed by atoms with E-state index < -0.39 is 0 Å². The first-order chi connectivity index (χ1) is 9.11. The Morgan fingerprint density at radius 2 is 2.32 bits per heavy atom. The first kappa shape index (κ1) is 16.3. The molecule has 0 saturated heterocycles. The smallest absolute Gasteiger partial charge is 0.230 e. The summed E-state index contributed by atoms with van der Waals surface area (Å²) in [5.74, 6) is 0.480. The Balaban J connectivity index is 2.17. The second-order valence-corrected chi connectivity index (χ2v) is 6.23. The number of carbonyl (C=O) groups is 1. The van der Waals surface area contributed by atoms with Crippen LogP contribution in [0.3, 0.4) is 0 Å². The fraction of sp³-hybridized carbons (Fsp3) is 0.500. The molecule has 0 aliphatic heterocycles. The molecule has 19 heavy (non-hydrogen) atoms. The maximum Gasteiger partial charge on any atom is 0.230 e. The fourth-order valence-electron chi connectivity index (χ4n) is 1.57. The standard InChI is InChI=1S/C14H20ClNO2S/c1-11(6-8-17)19-10-14(18)16-7-5-12-3-2-4-13(15)9-12/h2-4,9,11,17H,5-8,10H2,1H3,(H,16,18). The van der Waals surface area contributed by atoms with Crippen LogP contribution in [0, 0.1) is 0 Å². The normalized spacial score (nSPS) is 12.2. The summed E-state index contributed by atoms with van der Waals surface area (Å²) in [6.45, 7) is 2.80. The first-order valence-electron chi connectivity index (χ1n) is 6.35. The second kappa shape index (κ2) is 9.23. The molecule has 2 N–H and O–H groups in total. The van der Waals surface area contributed by atoms with Gasteiger partial charge in [-0.1, -0.05) is 30.7 Å². The largest absolute Gasteiger partial charge is 0.396 e. The van der Waals surface area contributed by atoms with E-state index in [0.717, 1.165) is 23.4 Å². The van der Waals surface area contributed by atoms with Crippen molar-refractivity contribution in [2.45, 2.75) is 25.0 Å². The fourth-order valence-corrected chi connectivity index (χ4v) is 2.60. The highest BCUT2D eigenvalue weighted by Crippen LogP contribution is 2.13. The molecule has 3 nitrogen and oxygen atoms in total. The Bertz CT molecular complexity index is 401. The molecule has 0 saturated carbocycles. The van der Waals surface area contributed by atoms with Crippen LogP contribution < -0.4 is 5.32 Å². The van der Waals surface area contributed by atoms with E-state index in [1.807, 2.05) is 31.2 Å². The van der Waals surface area contributed by atoms with Crippen LogP contribution in [0.15, 0.2) is 24.3 Å². The topological polar surface area (TPSA) is 49.3 Å². The number of amides is 1. The van der Waals surface area contributed by atoms with Crippen LogP contribution in [0.25, 0.3) is 0 Å². The lowest BCUT2D eigenvalue weighted by molar-refractivity contribution is -0.118. The Kier molecular flexibility index (Phi) is 7.94. The average Bonchev–Trinajstić information content (AvgIpc) is 2.37. The molecule has 1 unspecified atom stereocenters. The van der Waals surface area contributed by atoms with Crippen LogP contribution in [0.4, 0.5) is 0 Å². The van der Waals surface area contributed by atoms with Crippen LogP contribution in [0.5, 0.6) is 0 Å². The van der Waals surface area contributed by atoms with E-state index in [9.17, 15) is 4.79 Å². The molecular formula is C14H20ClNO2S. The van der Waals surface area contributed by atoms with Gasteiger partial charge in [0.1, 0.15) is 0 Å². The van der Waals surface area contributed by atoms with Gasteiger partial charge in [0.2, 0.25) is 5.91 Å². The molecule has 0 radical (unpaired) electrons. The highest BCUT2D eigenvalue weighted by Gasteiger charge is 2.06. The number of thioether (sulfide) groups is 1. The van der Waals surface area contributed by atoms with Crippen LogP contribution in [-0.2, 0) is 11.2 Å². The van der Waals surface area contributed by atoms with Gasteiger partial charge in [0, 0.05) is 23.4 Å². The monoisotopic (exact) mass is 301 g/mol. The molecule has 106 valence electrons. The van der Waals surface area contributed by atoms with Gasteiger partial charge < -0.3 is 10.4 Å². The minimum absolute atomic E-state index is 0.0387. The van der Waals surface area contributed by atoms with Gasteiger partial charge in [-0.2, -0.15) is 0 Å². The number of halogens is 1. The molecule has 0 bridgehead atoms. The molecule has 0 aliphatic carbocycles. The van der Waals surface area contributed by atoms with Crippen LogP contribution in [-0.4, -0.2) is 35.2 Å².